The van der Waals surface area contributed by atoms with Crippen LogP contribution in [0, 0.1) is 0 Å². The van der Waals surface area contributed by atoms with Gasteiger partial charge in [-0.05, 0) is 12.1 Å². The Kier molecular flexibility index (Phi) is 4.80. The number of fused-ring (bicyclic) bond motifs is 1. The summed E-state index contributed by atoms with van der Waals surface area (Å²) in [6, 6.07) is 3.53. The Morgan fingerprint density at radius 2 is 2.35 bits per heavy atom. The predicted octanol–water partition coefficient (Wildman–Crippen LogP) is 1.89. The maximum atomic E-state index is 11.9. The van der Waals surface area contributed by atoms with Crippen LogP contribution in [-0.4, -0.2) is 37.1 Å². The van der Waals surface area contributed by atoms with E-state index in [0.29, 0.717) is 15.4 Å². The number of ether oxygens (including phenoxy) is 1. The molecule has 0 aliphatic rings. The van der Waals surface area contributed by atoms with E-state index in [0.717, 1.165) is 5.39 Å². The number of carbonyl (C=O) groups is 1. The Labute approximate surface area is 117 Å². The first-order valence-corrected chi connectivity index (χ1v) is 6.68. The molecule has 0 fully saturated rings. The van der Waals surface area contributed by atoms with E-state index in [1.54, 1.807) is 18.3 Å². The first-order chi connectivity index (χ1) is 9.59. The number of hydrogen-bond acceptors (Lipinski definition) is 5. The fraction of sp³-hybridized carbons (Fsp3) is 0.333. The van der Waals surface area contributed by atoms with Crippen LogP contribution in [0.5, 0.6) is 0 Å². The molecule has 0 aromatic carbocycles. The number of amides is 1. The molecule has 0 bridgehead atoms. The summed E-state index contributed by atoms with van der Waals surface area (Å²) in [5.41, 5.74) is 6.27. The summed E-state index contributed by atoms with van der Waals surface area (Å²) in [5, 5.41) is 3.30. The first kappa shape index (κ1) is 14.6. The van der Waals surface area contributed by atoms with E-state index in [1.807, 2.05) is 0 Å². The van der Waals surface area contributed by atoms with Gasteiger partial charge in [-0.15, -0.1) is 11.3 Å². The molecule has 2 heterocycles. The van der Waals surface area contributed by atoms with Crippen molar-refractivity contribution in [2.45, 2.75) is 6.43 Å². The lowest BCUT2D eigenvalue weighted by Crippen LogP contribution is -2.27. The summed E-state index contributed by atoms with van der Waals surface area (Å²) >= 11 is 1.19. The summed E-state index contributed by atoms with van der Waals surface area (Å²) in [7, 11) is 0. The van der Waals surface area contributed by atoms with E-state index in [-0.39, 0.29) is 19.1 Å². The van der Waals surface area contributed by atoms with Crippen molar-refractivity contribution in [2.75, 3.05) is 25.5 Å². The topological polar surface area (TPSA) is 77.2 Å². The highest BCUT2D eigenvalue weighted by Gasteiger charge is 2.16. The summed E-state index contributed by atoms with van der Waals surface area (Å²) < 4.78 is 28.3. The molecule has 2 aromatic rings. The van der Waals surface area contributed by atoms with Gasteiger partial charge in [0.15, 0.2) is 0 Å². The minimum Gasteiger partial charge on any atom is -0.397 e. The second kappa shape index (κ2) is 6.58. The van der Waals surface area contributed by atoms with Crippen molar-refractivity contribution in [3.63, 3.8) is 0 Å². The number of nitrogens with two attached hydrogens (primary N) is 1. The van der Waals surface area contributed by atoms with E-state index < -0.39 is 13.0 Å². The van der Waals surface area contributed by atoms with Gasteiger partial charge in [0.1, 0.15) is 16.3 Å². The zero-order chi connectivity index (χ0) is 14.5. The van der Waals surface area contributed by atoms with Crippen LogP contribution < -0.4 is 11.1 Å². The number of nitrogen functional groups attached to an aromatic ring is 1. The summed E-state index contributed by atoms with van der Waals surface area (Å²) in [4.78, 5) is 17.1. The second-order valence-corrected chi connectivity index (χ2v) is 4.92. The van der Waals surface area contributed by atoms with Gasteiger partial charge in [0.2, 0.25) is 0 Å². The smallest absolute Gasteiger partial charge is 0.263 e. The van der Waals surface area contributed by atoms with E-state index >= 15 is 0 Å². The van der Waals surface area contributed by atoms with Gasteiger partial charge in [0.25, 0.3) is 12.3 Å². The quantitative estimate of drug-likeness (QED) is 0.799. The van der Waals surface area contributed by atoms with Gasteiger partial charge < -0.3 is 15.8 Å². The maximum absolute atomic E-state index is 11.9. The van der Waals surface area contributed by atoms with Gasteiger partial charge in [0, 0.05) is 18.1 Å². The van der Waals surface area contributed by atoms with Gasteiger partial charge >= 0.3 is 0 Å². The van der Waals surface area contributed by atoms with E-state index in [4.69, 9.17) is 5.73 Å². The number of thiophene rings is 1. The van der Waals surface area contributed by atoms with Gasteiger partial charge in [-0.1, -0.05) is 0 Å². The van der Waals surface area contributed by atoms with Crippen LogP contribution in [0.1, 0.15) is 9.67 Å². The number of nitrogens with one attached hydrogen (secondary N) is 1. The average Bonchev–Trinajstić information content (AvgIpc) is 2.76. The molecule has 2 aromatic heterocycles. The Morgan fingerprint density at radius 1 is 1.55 bits per heavy atom. The van der Waals surface area contributed by atoms with Gasteiger partial charge in [-0.2, -0.15) is 0 Å². The molecule has 2 rings (SSSR count). The molecule has 0 atom stereocenters. The monoisotopic (exact) mass is 301 g/mol. The van der Waals surface area contributed by atoms with E-state index in [1.165, 1.54) is 11.3 Å². The molecular weight excluding hydrogens is 288 g/mol. The Morgan fingerprint density at radius 3 is 3.05 bits per heavy atom. The third-order valence-electron chi connectivity index (χ3n) is 2.49. The van der Waals surface area contributed by atoms with E-state index in [9.17, 15) is 13.6 Å². The SMILES string of the molecule is Nc1c(C(=O)NCCOCC(F)F)sc2ncccc12. The predicted molar refractivity (Wildman–Crippen MR) is 73.2 cm³/mol. The van der Waals surface area contributed by atoms with Crippen molar-refractivity contribution in [3.05, 3.63) is 23.2 Å². The van der Waals surface area contributed by atoms with Crippen molar-refractivity contribution in [1.29, 1.82) is 0 Å². The Bertz CT molecular complexity index is 603. The molecule has 0 unspecified atom stereocenters. The normalized spacial score (nSPS) is 11.2. The number of alkyl halides is 2. The standard InChI is InChI=1S/C12H13F2N3O2S/c13-8(14)6-19-5-4-16-11(18)10-9(15)7-2-1-3-17-12(7)20-10/h1-3,8H,4-6,15H2,(H,16,18). The first-order valence-electron chi connectivity index (χ1n) is 5.86. The van der Waals surface area contributed by atoms with Crippen molar-refractivity contribution in [2.24, 2.45) is 0 Å². The minimum atomic E-state index is -2.50. The Hall–Kier alpha value is -1.80. The molecule has 1 amide bonds. The maximum Gasteiger partial charge on any atom is 0.263 e. The highest BCUT2D eigenvalue weighted by molar-refractivity contribution is 7.21. The zero-order valence-electron chi connectivity index (χ0n) is 10.4. The number of halogens is 2. The average molecular weight is 301 g/mol. The third-order valence-corrected chi connectivity index (χ3v) is 3.61. The molecule has 0 saturated heterocycles. The fourth-order valence-electron chi connectivity index (χ4n) is 1.61. The highest BCUT2D eigenvalue weighted by Crippen LogP contribution is 2.31. The lowest BCUT2D eigenvalue weighted by molar-refractivity contribution is 0.0188. The largest absolute Gasteiger partial charge is 0.397 e. The summed E-state index contributed by atoms with van der Waals surface area (Å²) in [6.07, 6.45) is -0.881. The van der Waals surface area contributed by atoms with Crippen LogP contribution in [0.2, 0.25) is 0 Å². The third kappa shape index (κ3) is 3.40. The molecule has 108 valence electrons. The van der Waals surface area contributed by atoms with Gasteiger partial charge in [-0.3, -0.25) is 4.79 Å². The molecular formula is C12H13F2N3O2S. The van der Waals surface area contributed by atoms with E-state index in [2.05, 4.69) is 15.0 Å². The number of carbonyl (C=O) groups excluding carboxylic acids is 1. The zero-order valence-corrected chi connectivity index (χ0v) is 11.3. The highest BCUT2D eigenvalue weighted by atomic mass is 32.1. The number of hydrogen-bond donors (Lipinski definition) is 2. The Balaban J connectivity index is 1.93. The van der Waals surface area contributed by atoms with Crippen LogP contribution in [0.3, 0.4) is 0 Å². The molecule has 0 spiro atoms. The molecule has 0 radical (unpaired) electrons. The van der Waals surface area contributed by atoms with Crippen LogP contribution in [0.15, 0.2) is 18.3 Å². The lowest BCUT2D eigenvalue weighted by Gasteiger charge is -2.05. The lowest BCUT2D eigenvalue weighted by atomic mass is 10.2. The number of anilines is 1. The summed E-state index contributed by atoms with van der Waals surface area (Å²) in [5.74, 6) is -0.355. The van der Waals surface area contributed by atoms with Crippen molar-refractivity contribution in [1.82, 2.24) is 10.3 Å². The van der Waals surface area contributed by atoms with Crippen molar-refractivity contribution >= 4 is 33.1 Å². The summed E-state index contributed by atoms with van der Waals surface area (Å²) in [6.45, 7) is -0.462. The number of aromatic nitrogens is 1. The molecule has 0 saturated carbocycles. The molecule has 8 heteroatoms. The van der Waals surface area contributed by atoms with Crippen LogP contribution >= 0.6 is 11.3 Å². The molecule has 3 N–H and O–H groups in total. The number of rotatable bonds is 6. The van der Waals surface area contributed by atoms with Gasteiger partial charge in [-0.25, -0.2) is 13.8 Å². The van der Waals surface area contributed by atoms with Gasteiger partial charge in [0.05, 0.1) is 12.3 Å². The minimum absolute atomic E-state index is 0.0269. The number of pyridine rings is 1. The van der Waals surface area contributed by atoms with Crippen LogP contribution in [0.4, 0.5) is 14.5 Å². The van der Waals surface area contributed by atoms with Crippen LogP contribution in [-0.2, 0) is 4.74 Å². The fourth-order valence-corrected chi connectivity index (χ4v) is 2.59. The molecule has 20 heavy (non-hydrogen) atoms. The molecule has 0 aliphatic heterocycles. The molecule has 0 aliphatic carbocycles. The molecule has 5 nitrogen and oxygen atoms in total. The van der Waals surface area contributed by atoms with Crippen LogP contribution in [0.25, 0.3) is 10.2 Å². The van der Waals surface area contributed by atoms with Crippen molar-refractivity contribution < 1.29 is 18.3 Å². The van der Waals surface area contributed by atoms with Crippen molar-refractivity contribution in [3.8, 4) is 0 Å². The second-order valence-electron chi connectivity index (χ2n) is 3.92. The number of nitrogens with zero attached hydrogens (tertiary/aromatic N) is 1.